The molecule has 1 aromatic heterocycles. The maximum atomic E-state index is 11.6. The van der Waals surface area contributed by atoms with Crippen molar-refractivity contribution in [1.82, 2.24) is 4.98 Å². The molecule has 0 aliphatic heterocycles. The molecule has 1 unspecified atom stereocenters. The van der Waals surface area contributed by atoms with Crippen molar-refractivity contribution in [2.24, 2.45) is 5.73 Å². The van der Waals surface area contributed by atoms with Crippen LogP contribution in [0.25, 0.3) is 10.9 Å². The van der Waals surface area contributed by atoms with Crippen LogP contribution in [0.2, 0.25) is 0 Å². The molecule has 5 nitrogen and oxygen atoms in total. The monoisotopic (exact) mass is 394 g/mol. The molecule has 1 atom stereocenters. The Morgan fingerprint density at radius 3 is 2.50 bits per heavy atom. The van der Waals surface area contributed by atoms with E-state index in [-0.39, 0.29) is 48.8 Å². The number of aromatic carboxylic acids is 1. The molecule has 0 aliphatic carbocycles. The summed E-state index contributed by atoms with van der Waals surface area (Å²) in [4.78, 5) is 15.8. The summed E-state index contributed by atoms with van der Waals surface area (Å²) < 4.78 is 5.69. The van der Waals surface area contributed by atoms with Gasteiger partial charge in [0.2, 0.25) is 0 Å². The third-order valence-electron chi connectivity index (χ3n) is 3.74. The van der Waals surface area contributed by atoms with Gasteiger partial charge in [0.15, 0.2) is 0 Å². The number of halogens is 2. The van der Waals surface area contributed by atoms with E-state index in [1.165, 1.54) is 0 Å². The summed E-state index contributed by atoms with van der Waals surface area (Å²) >= 11 is 0. The molecule has 7 heteroatoms. The zero-order chi connectivity index (χ0) is 16.9. The van der Waals surface area contributed by atoms with Gasteiger partial charge in [0.25, 0.3) is 0 Å². The summed E-state index contributed by atoms with van der Waals surface area (Å²) in [5.41, 5.74) is 7.71. The van der Waals surface area contributed by atoms with Crippen LogP contribution >= 0.6 is 24.8 Å². The van der Waals surface area contributed by atoms with Gasteiger partial charge in [-0.2, -0.15) is 0 Å². The van der Waals surface area contributed by atoms with Gasteiger partial charge in [0.05, 0.1) is 5.52 Å². The third kappa shape index (κ3) is 5.08. The van der Waals surface area contributed by atoms with Crippen LogP contribution in [0, 0.1) is 0 Å². The molecule has 0 fully saturated rings. The molecule has 3 N–H and O–H groups in total. The summed E-state index contributed by atoms with van der Waals surface area (Å²) in [6.45, 7) is 0.230. The SMILES string of the molecule is Cl.Cl.NC(COc1ccc2cccnc2c1C(=O)O)Cc1ccccc1. The third-order valence-corrected chi connectivity index (χ3v) is 3.74. The molecule has 0 bridgehead atoms. The molecule has 0 amide bonds. The Labute approximate surface area is 164 Å². The van der Waals surface area contributed by atoms with E-state index in [1.807, 2.05) is 36.4 Å². The fourth-order valence-electron chi connectivity index (χ4n) is 2.63. The van der Waals surface area contributed by atoms with Crippen LogP contribution in [0.3, 0.4) is 0 Å². The predicted molar refractivity (Wildman–Crippen MR) is 107 cm³/mol. The number of carboxylic acid groups (broad SMARTS) is 1. The number of aromatic nitrogens is 1. The van der Waals surface area contributed by atoms with Crippen molar-refractivity contribution in [1.29, 1.82) is 0 Å². The highest BCUT2D eigenvalue weighted by Crippen LogP contribution is 2.26. The summed E-state index contributed by atoms with van der Waals surface area (Å²) in [7, 11) is 0. The van der Waals surface area contributed by atoms with Crippen molar-refractivity contribution in [3.63, 3.8) is 0 Å². The van der Waals surface area contributed by atoms with E-state index < -0.39 is 5.97 Å². The Morgan fingerprint density at radius 1 is 1.08 bits per heavy atom. The summed E-state index contributed by atoms with van der Waals surface area (Å²) in [6, 6.07) is 16.7. The average Bonchev–Trinajstić information content (AvgIpc) is 2.60. The van der Waals surface area contributed by atoms with Crippen molar-refractivity contribution in [3.05, 3.63) is 71.9 Å². The minimum absolute atomic E-state index is 0. The second-order valence-electron chi connectivity index (χ2n) is 5.58. The highest BCUT2D eigenvalue weighted by Gasteiger charge is 2.17. The van der Waals surface area contributed by atoms with Gasteiger partial charge in [0, 0.05) is 17.6 Å². The van der Waals surface area contributed by atoms with Crippen LogP contribution in [-0.4, -0.2) is 28.7 Å². The van der Waals surface area contributed by atoms with Gasteiger partial charge >= 0.3 is 5.97 Å². The normalized spacial score (nSPS) is 11.1. The van der Waals surface area contributed by atoms with E-state index in [1.54, 1.807) is 24.4 Å². The van der Waals surface area contributed by atoms with E-state index in [0.717, 1.165) is 10.9 Å². The number of ether oxygens (including phenoxy) is 1. The number of carboxylic acids is 1. The lowest BCUT2D eigenvalue weighted by Crippen LogP contribution is -2.30. The van der Waals surface area contributed by atoms with Crippen molar-refractivity contribution >= 4 is 41.7 Å². The lowest BCUT2D eigenvalue weighted by molar-refractivity contribution is 0.0694. The number of nitrogens with two attached hydrogens (primary N) is 1. The smallest absolute Gasteiger partial charge is 0.341 e. The van der Waals surface area contributed by atoms with Crippen LogP contribution in [0.15, 0.2) is 60.8 Å². The first-order valence-corrected chi connectivity index (χ1v) is 7.68. The topological polar surface area (TPSA) is 85.4 Å². The molecule has 3 rings (SSSR count). The molecule has 0 saturated carbocycles. The Balaban J connectivity index is 0.00000169. The molecular formula is C19H20Cl2N2O3. The van der Waals surface area contributed by atoms with Crippen LogP contribution in [0.1, 0.15) is 15.9 Å². The highest BCUT2D eigenvalue weighted by molar-refractivity contribution is 6.04. The number of fused-ring (bicyclic) bond motifs is 1. The standard InChI is InChI=1S/C19H18N2O3.2ClH/c20-15(11-13-5-2-1-3-6-13)12-24-16-9-8-14-7-4-10-21-18(14)17(16)19(22)23;;/h1-10,15H,11-12,20H2,(H,22,23);2*1H. The summed E-state index contributed by atoms with van der Waals surface area (Å²) in [6.07, 6.45) is 2.23. The number of rotatable bonds is 6. The van der Waals surface area contributed by atoms with Crippen LogP contribution < -0.4 is 10.5 Å². The second-order valence-corrected chi connectivity index (χ2v) is 5.58. The lowest BCUT2D eigenvalue weighted by atomic mass is 10.1. The highest BCUT2D eigenvalue weighted by atomic mass is 35.5. The quantitative estimate of drug-likeness (QED) is 0.665. The summed E-state index contributed by atoms with van der Waals surface area (Å²) in [5.74, 6) is -0.775. The fraction of sp³-hybridized carbons (Fsp3) is 0.158. The van der Waals surface area contributed by atoms with Crippen molar-refractivity contribution < 1.29 is 14.6 Å². The number of nitrogens with zero attached hydrogens (tertiary/aromatic N) is 1. The van der Waals surface area contributed by atoms with Gasteiger partial charge in [-0.1, -0.05) is 36.4 Å². The number of hydrogen-bond acceptors (Lipinski definition) is 4. The van der Waals surface area contributed by atoms with E-state index in [0.29, 0.717) is 11.9 Å². The second kappa shape index (κ2) is 9.97. The molecule has 3 aromatic rings. The zero-order valence-corrected chi connectivity index (χ0v) is 15.5. The largest absolute Gasteiger partial charge is 0.491 e. The molecule has 2 aromatic carbocycles. The number of hydrogen-bond donors (Lipinski definition) is 2. The average molecular weight is 395 g/mol. The number of pyridine rings is 1. The molecule has 0 saturated heterocycles. The first-order chi connectivity index (χ1) is 11.6. The lowest BCUT2D eigenvalue weighted by Gasteiger charge is -2.15. The van der Waals surface area contributed by atoms with Crippen molar-refractivity contribution in [2.75, 3.05) is 6.61 Å². The fourth-order valence-corrected chi connectivity index (χ4v) is 2.63. The van der Waals surface area contributed by atoms with Crippen molar-refractivity contribution in [3.8, 4) is 5.75 Å². The Morgan fingerprint density at radius 2 is 1.81 bits per heavy atom. The Bertz CT molecular complexity index is 860. The zero-order valence-electron chi connectivity index (χ0n) is 13.9. The van der Waals surface area contributed by atoms with E-state index in [9.17, 15) is 9.90 Å². The van der Waals surface area contributed by atoms with Crippen molar-refractivity contribution in [2.45, 2.75) is 12.5 Å². The molecule has 0 aliphatic rings. The Hall–Kier alpha value is -2.34. The molecule has 138 valence electrons. The minimum atomic E-state index is -1.06. The first kappa shape index (κ1) is 21.7. The number of benzene rings is 2. The molecule has 0 radical (unpaired) electrons. The number of carbonyl (C=O) groups is 1. The van der Waals surface area contributed by atoms with Gasteiger partial charge in [-0.3, -0.25) is 4.98 Å². The molecule has 0 spiro atoms. The van der Waals surface area contributed by atoms with Gasteiger partial charge in [-0.15, -0.1) is 24.8 Å². The maximum absolute atomic E-state index is 11.6. The predicted octanol–water partition coefficient (Wildman–Crippen LogP) is 3.73. The van der Waals surface area contributed by atoms with Gasteiger partial charge in [-0.05, 0) is 30.2 Å². The molecule has 1 heterocycles. The van der Waals surface area contributed by atoms with E-state index >= 15 is 0 Å². The molecule has 26 heavy (non-hydrogen) atoms. The van der Waals surface area contributed by atoms with E-state index in [2.05, 4.69) is 4.98 Å². The van der Waals surface area contributed by atoms with Crippen LogP contribution in [0.5, 0.6) is 5.75 Å². The first-order valence-electron chi connectivity index (χ1n) is 7.68. The van der Waals surface area contributed by atoms with Gasteiger partial charge < -0.3 is 15.6 Å². The van der Waals surface area contributed by atoms with Gasteiger partial charge in [-0.25, -0.2) is 4.79 Å². The van der Waals surface area contributed by atoms with E-state index in [4.69, 9.17) is 10.5 Å². The van der Waals surface area contributed by atoms with Crippen LogP contribution in [0.4, 0.5) is 0 Å². The van der Waals surface area contributed by atoms with Crippen LogP contribution in [-0.2, 0) is 6.42 Å². The summed E-state index contributed by atoms with van der Waals surface area (Å²) in [5, 5.41) is 10.3. The van der Waals surface area contributed by atoms with Gasteiger partial charge in [0.1, 0.15) is 17.9 Å². The minimum Gasteiger partial charge on any atom is -0.491 e. The Kier molecular flexibility index (Phi) is 8.32. The molecular weight excluding hydrogens is 375 g/mol. The maximum Gasteiger partial charge on any atom is 0.341 e.